The van der Waals surface area contributed by atoms with Crippen LogP contribution >= 0.6 is 0 Å². The lowest BCUT2D eigenvalue weighted by Crippen LogP contribution is -2.43. The lowest BCUT2D eigenvalue weighted by molar-refractivity contribution is -0.123. The predicted molar refractivity (Wildman–Crippen MR) is 80.2 cm³/mol. The maximum Gasteiger partial charge on any atom is 0.234 e. The molecule has 0 bridgehead atoms. The molecule has 3 nitrogen and oxygen atoms in total. The molecule has 0 spiro atoms. The molecule has 4 heteroatoms. The summed E-state index contributed by atoms with van der Waals surface area (Å²) in [4.78, 5) is 14.5. The van der Waals surface area contributed by atoms with Crippen LogP contribution in [0.25, 0.3) is 0 Å². The van der Waals surface area contributed by atoms with Crippen LogP contribution in [0.5, 0.6) is 0 Å². The number of nitrogens with one attached hydrogen (secondary N) is 1. The van der Waals surface area contributed by atoms with Gasteiger partial charge in [0.05, 0.1) is 6.54 Å². The average molecular weight is 290 g/mol. The Kier molecular flexibility index (Phi) is 4.24. The Labute approximate surface area is 125 Å². The molecule has 0 radical (unpaired) electrons. The van der Waals surface area contributed by atoms with Crippen molar-refractivity contribution in [2.24, 2.45) is 5.92 Å². The van der Waals surface area contributed by atoms with Gasteiger partial charge in [-0.3, -0.25) is 9.69 Å². The molecule has 0 saturated heterocycles. The van der Waals surface area contributed by atoms with E-state index in [1.54, 1.807) is 18.2 Å². The van der Waals surface area contributed by atoms with Gasteiger partial charge >= 0.3 is 0 Å². The number of halogens is 1. The highest BCUT2D eigenvalue weighted by atomic mass is 19.1. The molecule has 0 aliphatic heterocycles. The molecule has 1 aromatic rings. The van der Waals surface area contributed by atoms with E-state index >= 15 is 0 Å². The van der Waals surface area contributed by atoms with E-state index in [0.29, 0.717) is 24.2 Å². The minimum absolute atomic E-state index is 0.00217. The molecule has 0 heterocycles. The van der Waals surface area contributed by atoms with Gasteiger partial charge in [0, 0.05) is 24.2 Å². The Balaban J connectivity index is 1.51. The van der Waals surface area contributed by atoms with Crippen molar-refractivity contribution in [1.82, 2.24) is 10.2 Å². The minimum Gasteiger partial charge on any atom is -0.351 e. The fraction of sp³-hybridized carbons (Fsp3) is 0.588. The molecule has 114 valence electrons. The number of hydrogen-bond acceptors (Lipinski definition) is 2. The summed E-state index contributed by atoms with van der Waals surface area (Å²) in [7, 11) is 0. The van der Waals surface area contributed by atoms with Crippen LogP contribution in [0.1, 0.15) is 38.2 Å². The van der Waals surface area contributed by atoms with E-state index in [0.717, 1.165) is 5.92 Å². The third-order valence-electron chi connectivity index (χ3n) is 4.60. The Morgan fingerprint density at radius 3 is 2.67 bits per heavy atom. The van der Waals surface area contributed by atoms with Crippen molar-refractivity contribution in [1.29, 1.82) is 0 Å². The smallest absolute Gasteiger partial charge is 0.234 e. The summed E-state index contributed by atoms with van der Waals surface area (Å²) < 4.78 is 13.5. The van der Waals surface area contributed by atoms with E-state index < -0.39 is 0 Å². The zero-order chi connectivity index (χ0) is 14.8. The SMILES string of the molecule is C[C@@H](C1CC1)N(CC(=O)NCc1ccccc1F)C1CC1. The van der Waals surface area contributed by atoms with Crippen LogP contribution in [-0.4, -0.2) is 29.4 Å². The molecule has 2 aliphatic rings. The van der Waals surface area contributed by atoms with Crippen molar-refractivity contribution in [3.05, 3.63) is 35.6 Å². The van der Waals surface area contributed by atoms with Gasteiger partial charge in [-0.2, -0.15) is 0 Å². The van der Waals surface area contributed by atoms with E-state index in [1.165, 1.54) is 31.7 Å². The van der Waals surface area contributed by atoms with Crippen LogP contribution in [0.2, 0.25) is 0 Å². The molecule has 1 atom stereocenters. The molecule has 1 aromatic carbocycles. The summed E-state index contributed by atoms with van der Waals surface area (Å²) in [5, 5.41) is 2.85. The summed E-state index contributed by atoms with van der Waals surface area (Å²) in [5.41, 5.74) is 0.541. The van der Waals surface area contributed by atoms with Gasteiger partial charge in [-0.1, -0.05) is 18.2 Å². The van der Waals surface area contributed by atoms with Gasteiger partial charge in [0.1, 0.15) is 5.82 Å². The monoisotopic (exact) mass is 290 g/mol. The fourth-order valence-electron chi connectivity index (χ4n) is 2.92. The summed E-state index contributed by atoms with van der Waals surface area (Å²) in [6.07, 6.45) is 5.00. The molecule has 2 fully saturated rings. The fourth-order valence-corrected chi connectivity index (χ4v) is 2.92. The molecule has 3 rings (SSSR count). The van der Waals surface area contributed by atoms with Crippen molar-refractivity contribution in [2.75, 3.05) is 6.54 Å². The lowest BCUT2D eigenvalue weighted by atomic mass is 10.1. The second-order valence-corrected chi connectivity index (χ2v) is 6.35. The molecule has 2 saturated carbocycles. The van der Waals surface area contributed by atoms with E-state index in [-0.39, 0.29) is 18.3 Å². The van der Waals surface area contributed by atoms with E-state index in [9.17, 15) is 9.18 Å². The Morgan fingerprint density at radius 2 is 2.05 bits per heavy atom. The molecule has 21 heavy (non-hydrogen) atoms. The quantitative estimate of drug-likeness (QED) is 0.837. The van der Waals surface area contributed by atoms with Crippen LogP contribution in [0.3, 0.4) is 0 Å². The Bertz CT molecular complexity index is 511. The van der Waals surface area contributed by atoms with Gasteiger partial charge in [0.2, 0.25) is 5.91 Å². The second-order valence-electron chi connectivity index (χ2n) is 6.35. The molecule has 0 unspecified atom stereocenters. The Morgan fingerprint density at radius 1 is 1.33 bits per heavy atom. The number of amides is 1. The van der Waals surface area contributed by atoms with Crippen LogP contribution in [0.4, 0.5) is 4.39 Å². The summed E-state index contributed by atoms with van der Waals surface area (Å²) >= 11 is 0. The Hall–Kier alpha value is -1.42. The summed E-state index contributed by atoms with van der Waals surface area (Å²) in [5.74, 6) is 0.505. The molecule has 1 N–H and O–H groups in total. The van der Waals surface area contributed by atoms with Crippen molar-refractivity contribution in [3.8, 4) is 0 Å². The molecule has 1 amide bonds. The van der Waals surface area contributed by atoms with E-state index in [1.807, 2.05) is 0 Å². The van der Waals surface area contributed by atoms with Gasteiger partial charge in [0.15, 0.2) is 0 Å². The van der Waals surface area contributed by atoms with Crippen LogP contribution in [0.15, 0.2) is 24.3 Å². The third kappa shape index (κ3) is 3.82. The van der Waals surface area contributed by atoms with Gasteiger partial charge in [0.25, 0.3) is 0 Å². The standard InChI is InChI=1S/C17H23FN2O/c1-12(13-6-7-13)20(15-8-9-15)11-17(21)19-10-14-4-2-3-5-16(14)18/h2-5,12-13,15H,6-11H2,1H3,(H,19,21)/t12-/m0/s1. The first kappa shape index (κ1) is 14.5. The van der Waals surface area contributed by atoms with Gasteiger partial charge in [-0.25, -0.2) is 4.39 Å². The lowest BCUT2D eigenvalue weighted by Gasteiger charge is -2.28. The van der Waals surface area contributed by atoms with Crippen molar-refractivity contribution < 1.29 is 9.18 Å². The second kappa shape index (κ2) is 6.14. The van der Waals surface area contributed by atoms with Gasteiger partial charge in [-0.15, -0.1) is 0 Å². The number of benzene rings is 1. The van der Waals surface area contributed by atoms with Crippen molar-refractivity contribution in [3.63, 3.8) is 0 Å². The largest absolute Gasteiger partial charge is 0.351 e. The highest BCUT2D eigenvalue weighted by Gasteiger charge is 2.39. The first-order valence-corrected chi connectivity index (χ1v) is 7.91. The molecular weight excluding hydrogens is 267 g/mol. The van der Waals surface area contributed by atoms with E-state index in [4.69, 9.17) is 0 Å². The zero-order valence-electron chi connectivity index (χ0n) is 12.5. The van der Waals surface area contributed by atoms with Gasteiger partial charge in [-0.05, 0) is 44.6 Å². The summed E-state index contributed by atoms with van der Waals surface area (Å²) in [6.45, 7) is 2.94. The first-order valence-electron chi connectivity index (χ1n) is 7.91. The molecule has 0 aromatic heterocycles. The van der Waals surface area contributed by atoms with Crippen molar-refractivity contribution >= 4 is 5.91 Å². The number of rotatable bonds is 7. The van der Waals surface area contributed by atoms with Gasteiger partial charge < -0.3 is 5.32 Å². The van der Waals surface area contributed by atoms with E-state index in [2.05, 4.69) is 17.1 Å². The van der Waals surface area contributed by atoms with Crippen LogP contribution < -0.4 is 5.32 Å². The number of carbonyl (C=O) groups is 1. The number of hydrogen-bond donors (Lipinski definition) is 1. The summed E-state index contributed by atoms with van der Waals surface area (Å²) in [6, 6.07) is 7.66. The molecule has 2 aliphatic carbocycles. The molecular formula is C17H23FN2O. The third-order valence-corrected chi connectivity index (χ3v) is 4.60. The average Bonchev–Trinajstić information content (AvgIpc) is 3.35. The van der Waals surface area contributed by atoms with Crippen LogP contribution in [-0.2, 0) is 11.3 Å². The maximum atomic E-state index is 13.5. The highest BCUT2D eigenvalue weighted by molar-refractivity contribution is 5.78. The first-order chi connectivity index (χ1) is 10.1. The topological polar surface area (TPSA) is 32.3 Å². The number of nitrogens with zero attached hydrogens (tertiary/aromatic N) is 1. The highest BCUT2D eigenvalue weighted by Crippen LogP contribution is 2.39. The zero-order valence-corrected chi connectivity index (χ0v) is 12.5. The minimum atomic E-state index is -0.261. The van der Waals surface area contributed by atoms with Crippen LogP contribution in [0, 0.1) is 11.7 Å². The normalized spacial score (nSPS) is 19.6. The predicted octanol–water partition coefficient (Wildman–Crippen LogP) is 2.70. The van der Waals surface area contributed by atoms with Crippen molar-refractivity contribution in [2.45, 2.75) is 51.2 Å². The number of carbonyl (C=O) groups excluding carboxylic acids is 1. The maximum absolute atomic E-state index is 13.5.